The van der Waals surface area contributed by atoms with Gasteiger partial charge in [0, 0.05) is 28.9 Å². The maximum absolute atomic E-state index is 11.8. The smallest absolute Gasteiger partial charge is 0.244 e. The summed E-state index contributed by atoms with van der Waals surface area (Å²) in [5.74, 6) is 0.674. The number of pyridine rings is 1. The molecule has 0 radical (unpaired) electrons. The average molecular weight is 350 g/mol. The van der Waals surface area contributed by atoms with Gasteiger partial charge in [-0.15, -0.1) is 11.3 Å². The second kappa shape index (κ2) is 8.80. The normalized spacial score (nSPS) is 10.7. The molecule has 0 aliphatic rings. The molecule has 126 valence electrons. The van der Waals surface area contributed by atoms with E-state index in [2.05, 4.69) is 10.3 Å². The Kier molecular flexibility index (Phi) is 5.96. The summed E-state index contributed by atoms with van der Waals surface area (Å²) in [5, 5.41) is 4.85. The van der Waals surface area contributed by atoms with Crippen LogP contribution in [0.4, 0.5) is 0 Å². The Morgan fingerprint density at radius 3 is 2.76 bits per heavy atom. The van der Waals surface area contributed by atoms with Crippen LogP contribution < -0.4 is 10.1 Å². The lowest BCUT2D eigenvalue weighted by Crippen LogP contribution is -2.19. The summed E-state index contributed by atoms with van der Waals surface area (Å²) in [5.41, 5.74) is 1.97. The number of hydrogen-bond donors (Lipinski definition) is 1. The van der Waals surface area contributed by atoms with Gasteiger partial charge in [-0.1, -0.05) is 24.3 Å². The fraction of sp³-hybridized carbons (Fsp3) is 0.100. The van der Waals surface area contributed by atoms with Gasteiger partial charge < -0.3 is 10.1 Å². The van der Waals surface area contributed by atoms with Crippen LogP contribution in [0.25, 0.3) is 6.08 Å². The predicted molar refractivity (Wildman–Crippen MR) is 100 cm³/mol. The first kappa shape index (κ1) is 16.9. The molecule has 5 heteroatoms. The summed E-state index contributed by atoms with van der Waals surface area (Å²) in [6, 6.07) is 15.4. The topological polar surface area (TPSA) is 51.2 Å². The van der Waals surface area contributed by atoms with Gasteiger partial charge in [-0.2, -0.15) is 0 Å². The fourth-order valence-corrected chi connectivity index (χ4v) is 2.79. The van der Waals surface area contributed by atoms with Crippen LogP contribution in [0.5, 0.6) is 5.75 Å². The third-order valence-corrected chi connectivity index (χ3v) is 4.33. The van der Waals surface area contributed by atoms with Gasteiger partial charge in [-0.05, 0) is 41.3 Å². The van der Waals surface area contributed by atoms with Crippen molar-refractivity contribution in [3.63, 3.8) is 0 Å². The quantitative estimate of drug-likeness (QED) is 0.654. The molecule has 3 aromatic rings. The van der Waals surface area contributed by atoms with E-state index in [1.165, 1.54) is 0 Å². The van der Waals surface area contributed by atoms with Crippen molar-refractivity contribution in [1.29, 1.82) is 0 Å². The molecule has 0 aliphatic carbocycles. The van der Waals surface area contributed by atoms with Crippen molar-refractivity contribution in [3.05, 3.63) is 88.4 Å². The van der Waals surface area contributed by atoms with E-state index >= 15 is 0 Å². The molecule has 1 aromatic carbocycles. The number of carbonyl (C=O) groups excluding carboxylic acids is 1. The van der Waals surface area contributed by atoms with Crippen LogP contribution in [0.3, 0.4) is 0 Å². The van der Waals surface area contributed by atoms with Crippen LogP contribution in [0, 0.1) is 0 Å². The molecule has 1 amide bonds. The van der Waals surface area contributed by atoms with E-state index in [1.54, 1.807) is 35.9 Å². The second-order valence-corrected chi connectivity index (χ2v) is 6.38. The minimum absolute atomic E-state index is 0.106. The first-order chi connectivity index (χ1) is 12.3. The zero-order valence-electron chi connectivity index (χ0n) is 13.6. The third kappa shape index (κ3) is 5.58. The average Bonchev–Trinajstić information content (AvgIpc) is 3.18. The molecule has 2 heterocycles. The molecule has 0 atom stereocenters. The van der Waals surface area contributed by atoms with Crippen LogP contribution in [0.15, 0.2) is 72.4 Å². The van der Waals surface area contributed by atoms with Gasteiger partial charge in [0.1, 0.15) is 12.4 Å². The molecule has 0 unspecified atom stereocenters. The summed E-state index contributed by atoms with van der Waals surface area (Å²) in [6.07, 6.45) is 6.85. The highest BCUT2D eigenvalue weighted by molar-refractivity contribution is 7.09. The SMILES string of the molecule is O=C(/C=C/c1ccc(OCc2cccnc2)cc1)NCc1cccs1. The minimum atomic E-state index is -0.106. The minimum Gasteiger partial charge on any atom is -0.489 e. The van der Waals surface area contributed by atoms with Gasteiger partial charge in [-0.3, -0.25) is 9.78 Å². The molecule has 3 rings (SSSR count). The van der Waals surface area contributed by atoms with E-state index in [4.69, 9.17) is 4.74 Å². The van der Waals surface area contributed by atoms with Crippen molar-refractivity contribution in [1.82, 2.24) is 10.3 Å². The van der Waals surface area contributed by atoms with Crippen LogP contribution in [0.2, 0.25) is 0 Å². The highest BCUT2D eigenvalue weighted by atomic mass is 32.1. The summed E-state index contributed by atoms with van der Waals surface area (Å²) in [4.78, 5) is 17.0. The Labute approximate surface area is 150 Å². The number of hydrogen-bond acceptors (Lipinski definition) is 4. The summed E-state index contributed by atoms with van der Waals surface area (Å²) < 4.78 is 5.71. The molecule has 1 N–H and O–H groups in total. The maximum Gasteiger partial charge on any atom is 0.244 e. The molecular formula is C20H18N2O2S. The highest BCUT2D eigenvalue weighted by Gasteiger charge is 1.99. The van der Waals surface area contributed by atoms with Crippen LogP contribution >= 0.6 is 11.3 Å². The monoisotopic (exact) mass is 350 g/mol. The molecule has 4 nitrogen and oxygen atoms in total. The van der Waals surface area contributed by atoms with E-state index in [1.807, 2.05) is 53.9 Å². The van der Waals surface area contributed by atoms with Crippen molar-refractivity contribution in [2.45, 2.75) is 13.2 Å². The Morgan fingerprint density at radius 2 is 2.04 bits per heavy atom. The summed E-state index contributed by atoms with van der Waals surface area (Å²) in [7, 11) is 0. The van der Waals surface area contributed by atoms with Gasteiger partial charge >= 0.3 is 0 Å². The standard InChI is InChI=1S/C20H18N2O2S/c23-20(22-14-19-4-2-12-25-19)10-7-16-5-8-18(9-6-16)24-15-17-3-1-11-21-13-17/h1-13H,14-15H2,(H,22,23)/b10-7+. The van der Waals surface area contributed by atoms with Gasteiger partial charge in [0.2, 0.25) is 5.91 Å². The van der Waals surface area contributed by atoms with E-state index in [0.717, 1.165) is 21.8 Å². The van der Waals surface area contributed by atoms with Gasteiger partial charge in [0.05, 0.1) is 6.54 Å². The number of nitrogens with zero attached hydrogens (tertiary/aromatic N) is 1. The lowest BCUT2D eigenvalue weighted by molar-refractivity contribution is -0.116. The number of aromatic nitrogens is 1. The first-order valence-electron chi connectivity index (χ1n) is 7.90. The number of rotatable bonds is 7. The number of thiophene rings is 1. The third-order valence-electron chi connectivity index (χ3n) is 3.45. The van der Waals surface area contributed by atoms with E-state index in [0.29, 0.717) is 13.2 Å². The fourth-order valence-electron chi connectivity index (χ4n) is 2.14. The lowest BCUT2D eigenvalue weighted by Gasteiger charge is -2.06. The molecule has 0 bridgehead atoms. The van der Waals surface area contributed by atoms with E-state index in [-0.39, 0.29) is 5.91 Å². The van der Waals surface area contributed by atoms with Crippen molar-refractivity contribution in [3.8, 4) is 5.75 Å². The molecule has 0 aliphatic heterocycles. The van der Waals surface area contributed by atoms with Gasteiger partial charge in [-0.25, -0.2) is 0 Å². The van der Waals surface area contributed by atoms with Crippen LogP contribution in [-0.4, -0.2) is 10.9 Å². The Hall–Kier alpha value is -2.92. The van der Waals surface area contributed by atoms with Crippen LogP contribution in [0.1, 0.15) is 16.0 Å². The predicted octanol–water partition coefficient (Wildman–Crippen LogP) is 4.05. The number of ether oxygens (including phenoxy) is 1. The molecule has 0 saturated heterocycles. The summed E-state index contributed by atoms with van der Waals surface area (Å²) in [6.45, 7) is 1.04. The van der Waals surface area contributed by atoms with Crippen molar-refractivity contribution >= 4 is 23.3 Å². The lowest BCUT2D eigenvalue weighted by atomic mass is 10.2. The largest absolute Gasteiger partial charge is 0.489 e. The van der Waals surface area contributed by atoms with Crippen molar-refractivity contribution < 1.29 is 9.53 Å². The van der Waals surface area contributed by atoms with E-state index < -0.39 is 0 Å². The maximum atomic E-state index is 11.8. The van der Waals surface area contributed by atoms with E-state index in [9.17, 15) is 4.79 Å². The number of nitrogens with one attached hydrogen (secondary N) is 1. The Balaban J connectivity index is 1.47. The molecule has 0 spiro atoms. The number of carbonyl (C=O) groups is 1. The summed E-state index contributed by atoms with van der Waals surface area (Å²) >= 11 is 1.63. The van der Waals surface area contributed by atoms with Crippen molar-refractivity contribution in [2.24, 2.45) is 0 Å². The zero-order valence-corrected chi connectivity index (χ0v) is 14.4. The number of benzene rings is 1. The molecule has 0 fully saturated rings. The molecule has 25 heavy (non-hydrogen) atoms. The van der Waals surface area contributed by atoms with Crippen molar-refractivity contribution in [2.75, 3.05) is 0 Å². The Morgan fingerprint density at radius 1 is 1.16 bits per heavy atom. The zero-order chi connectivity index (χ0) is 17.3. The Bertz CT molecular complexity index is 813. The molecular weight excluding hydrogens is 332 g/mol. The van der Waals surface area contributed by atoms with Crippen LogP contribution in [-0.2, 0) is 17.9 Å². The molecule has 0 saturated carbocycles. The van der Waals surface area contributed by atoms with Gasteiger partial charge in [0.15, 0.2) is 0 Å². The second-order valence-electron chi connectivity index (χ2n) is 5.35. The molecule has 2 aromatic heterocycles. The van der Waals surface area contributed by atoms with Gasteiger partial charge in [0.25, 0.3) is 0 Å². The first-order valence-corrected chi connectivity index (χ1v) is 8.77. The number of amides is 1. The highest BCUT2D eigenvalue weighted by Crippen LogP contribution is 2.15.